The smallest absolute Gasteiger partial charge is 0.234 e. The van der Waals surface area contributed by atoms with Gasteiger partial charge in [-0.25, -0.2) is 0 Å². The molecule has 162 valence electrons. The Morgan fingerprint density at radius 1 is 1.13 bits per heavy atom. The van der Waals surface area contributed by atoms with Gasteiger partial charge in [0.25, 0.3) is 0 Å². The number of benzene rings is 1. The second kappa shape index (κ2) is 11.1. The number of nitrogens with zero attached hydrogens (tertiary/aromatic N) is 3. The lowest BCUT2D eigenvalue weighted by Crippen LogP contribution is -2.47. The number of rotatable bonds is 8. The molecular weight excluding hydrogens is 376 g/mol. The predicted molar refractivity (Wildman–Crippen MR) is 118 cm³/mol. The van der Waals surface area contributed by atoms with Crippen molar-refractivity contribution in [2.45, 2.75) is 57.9 Å². The zero-order chi connectivity index (χ0) is 21.3. The zero-order valence-electron chi connectivity index (χ0n) is 18.1. The lowest BCUT2D eigenvalue weighted by molar-refractivity contribution is -0.121. The Balaban J connectivity index is 1.36. The Morgan fingerprint density at radius 3 is 2.53 bits per heavy atom. The molecule has 2 aliphatic rings. The largest absolute Gasteiger partial charge is 0.369 e. The highest BCUT2D eigenvalue weighted by molar-refractivity contribution is 5.96. The molecule has 0 spiro atoms. The minimum atomic E-state index is -0.136. The van der Waals surface area contributed by atoms with E-state index in [2.05, 4.69) is 21.2 Å². The van der Waals surface area contributed by atoms with Crippen LogP contribution in [0, 0.1) is 17.2 Å². The molecule has 0 unspecified atom stereocenters. The Kier molecular flexibility index (Phi) is 8.27. The molecule has 0 atom stereocenters. The number of anilines is 1. The molecule has 1 saturated heterocycles. The summed E-state index contributed by atoms with van der Waals surface area (Å²) < 4.78 is 0. The number of Topliss-reactive ketones (excluding diaryl/α,β-unsaturated/α-hetero) is 1. The van der Waals surface area contributed by atoms with Crippen LogP contribution < -0.4 is 10.2 Å². The second-order valence-corrected chi connectivity index (χ2v) is 8.56. The van der Waals surface area contributed by atoms with Gasteiger partial charge in [-0.05, 0) is 56.7 Å². The first-order chi connectivity index (χ1) is 14.6. The number of carbonyl (C=O) groups is 2. The standard InChI is InChI=1S/C24H34N4O2/c1-2-23(29)20-4-3-5-22(18-20)28-16-14-27(15-17-28)13-11-19-6-8-21(9-7-19)26-24(30)10-12-25/h3-5,18-19,21H,2,6-11,13-17H2,1H3,(H,26,30). The van der Waals surface area contributed by atoms with Crippen LogP contribution in [-0.2, 0) is 4.79 Å². The van der Waals surface area contributed by atoms with Crippen molar-refractivity contribution in [2.75, 3.05) is 37.6 Å². The van der Waals surface area contributed by atoms with Crippen LogP contribution in [0.4, 0.5) is 5.69 Å². The summed E-state index contributed by atoms with van der Waals surface area (Å²) in [6, 6.07) is 10.2. The lowest BCUT2D eigenvalue weighted by atomic mass is 9.84. The molecule has 1 aromatic carbocycles. The molecule has 0 radical (unpaired) electrons. The van der Waals surface area contributed by atoms with Gasteiger partial charge in [0, 0.05) is 49.9 Å². The number of hydrogen-bond acceptors (Lipinski definition) is 5. The van der Waals surface area contributed by atoms with Crippen LogP contribution in [0.25, 0.3) is 0 Å². The normalized spacial score (nSPS) is 22.3. The minimum absolute atomic E-state index is 0.0366. The summed E-state index contributed by atoms with van der Waals surface area (Å²) in [4.78, 5) is 28.5. The lowest BCUT2D eigenvalue weighted by Gasteiger charge is -2.37. The Hall–Kier alpha value is -2.39. The SMILES string of the molecule is CCC(=O)c1cccc(N2CCN(CCC3CCC(NC(=O)CC#N)CC3)CC2)c1. The first kappa shape index (κ1) is 22.3. The summed E-state index contributed by atoms with van der Waals surface area (Å²) in [6.45, 7) is 7.17. The average Bonchev–Trinajstić information content (AvgIpc) is 2.78. The number of piperazine rings is 1. The van der Waals surface area contributed by atoms with Crippen molar-refractivity contribution in [1.29, 1.82) is 5.26 Å². The van der Waals surface area contributed by atoms with Crippen LogP contribution in [0.3, 0.4) is 0 Å². The van der Waals surface area contributed by atoms with Crippen molar-refractivity contribution in [3.05, 3.63) is 29.8 Å². The Bertz CT molecular complexity index is 757. The van der Waals surface area contributed by atoms with E-state index >= 15 is 0 Å². The van der Waals surface area contributed by atoms with Crippen molar-refractivity contribution < 1.29 is 9.59 Å². The number of ketones is 1. The van der Waals surface area contributed by atoms with E-state index in [4.69, 9.17) is 5.26 Å². The van der Waals surface area contributed by atoms with Crippen molar-refractivity contribution >= 4 is 17.4 Å². The minimum Gasteiger partial charge on any atom is -0.369 e. The highest BCUT2D eigenvalue weighted by Crippen LogP contribution is 2.27. The zero-order valence-corrected chi connectivity index (χ0v) is 18.1. The fourth-order valence-electron chi connectivity index (χ4n) is 4.62. The molecule has 0 aromatic heterocycles. The first-order valence-corrected chi connectivity index (χ1v) is 11.4. The molecule has 1 N–H and O–H groups in total. The molecule has 2 fully saturated rings. The number of carbonyl (C=O) groups excluding carboxylic acids is 2. The maximum atomic E-state index is 12.0. The van der Waals surface area contributed by atoms with Gasteiger partial charge in [-0.1, -0.05) is 19.1 Å². The van der Waals surface area contributed by atoms with Gasteiger partial charge >= 0.3 is 0 Å². The Labute approximate surface area is 180 Å². The Morgan fingerprint density at radius 2 is 1.87 bits per heavy atom. The molecule has 6 nitrogen and oxygen atoms in total. The predicted octanol–water partition coefficient (Wildman–Crippen LogP) is 3.38. The third-order valence-electron chi connectivity index (χ3n) is 6.53. The summed E-state index contributed by atoms with van der Waals surface area (Å²) >= 11 is 0. The highest BCUT2D eigenvalue weighted by atomic mass is 16.1. The molecule has 1 saturated carbocycles. The molecule has 1 aliphatic carbocycles. The number of nitrogens with one attached hydrogen (secondary N) is 1. The fourth-order valence-corrected chi connectivity index (χ4v) is 4.62. The van der Waals surface area contributed by atoms with E-state index in [0.717, 1.165) is 75.6 Å². The van der Waals surface area contributed by atoms with Crippen molar-refractivity contribution in [3.8, 4) is 6.07 Å². The first-order valence-electron chi connectivity index (χ1n) is 11.4. The third kappa shape index (κ3) is 6.30. The van der Waals surface area contributed by atoms with Gasteiger partial charge in [0.2, 0.25) is 5.91 Å². The third-order valence-corrected chi connectivity index (χ3v) is 6.53. The van der Waals surface area contributed by atoms with E-state index in [1.54, 1.807) is 0 Å². The van der Waals surface area contributed by atoms with Crippen LogP contribution in [-0.4, -0.2) is 55.4 Å². The summed E-state index contributed by atoms with van der Waals surface area (Å²) in [5.41, 5.74) is 1.97. The van der Waals surface area contributed by atoms with Crippen LogP contribution in [0.1, 0.15) is 62.2 Å². The van der Waals surface area contributed by atoms with E-state index in [0.29, 0.717) is 6.42 Å². The van der Waals surface area contributed by atoms with Crippen LogP contribution >= 0.6 is 0 Å². The number of amides is 1. The van der Waals surface area contributed by atoms with E-state index in [1.807, 2.05) is 31.2 Å². The van der Waals surface area contributed by atoms with Crippen molar-refractivity contribution in [1.82, 2.24) is 10.2 Å². The maximum absolute atomic E-state index is 12.0. The molecule has 1 heterocycles. The van der Waals surface area contributed by atoms with Gasteiger partial charge in [0.1, 0.15) is 6.42 Å². The van der Waals surface area contributed by atoms with Gasteiger partial charge in [-0.3, -0.25) is 14.5 Å². The highest BCUT2D eigenvalue weighted by Gasteiger charge is 2.24. The van der Waals surface area contributed by atoms with Gasteiger partial charge in [0.15, 0.2) is 5.78 Å². The summed E-state index contributed by atoms with van der Waals surface area (Å²) in [5, 5.41) is 11.6. The molecular formula is C24H34N4O2. The van der Waals surface area contributed by atoms with E-state index in [-0.39, 0.29) is 24.2 Å². The number of hydrogen-bond donors (Lipinski definition) is 1. The molecule has 6 heteroatoms. The van der Waals surface area contributed by atoms with Gasteiger partial charge in [-0.2, -0.15) is 5.26 Å². The van der Waals surface area contributed by atoms with E-state index in [1.165, 1.54) is 6.42 Å². The average molecular weight is 411 g/mol. The van der Waals surface area contributed by atoms with Crippen LogP contribution in [0.15, 0.2) is 24.3 Å². The molecule has 1 aliphatic heterocycles. The molecule has 3 rings (SSSR count). The van der Waals surface area contributed by atoms with E-state index < -0.39 is 0 Å². The molecule has 30 heavy (non-hydrogen) atoms. The van der Waals surface area contributed by atoms with Crippen LogP contribution in [0.2, 0.25) is 0 Å². The van der Waals surface area contributed by atoms with Gasteiger partial charge in [-0.15, -0.1) is 0 Å². The molecule has 1 amide bonds. The van der Waals surface area contributed by atoms with Gasteiger partial charge in [0.05, 0.1) is 6.07 Å². The number of nitriles is 1. The van der Waals surface area contributed by atoms with Crippen LogP contribution in [0.5, 0.6) is 0 Å². The van der Waals surface area contributed by atoms with Gasteiger partial charge < -0.3 is 10.2 Å². The molecule has 0 bridgehead atoms. The summed E-state index contributed by atoms with van der Waals surface area (Å²) in [7, 11) is 0. The monoisotopic (exact) mass is 410 g/mol. The van der Waals surface area contributed by atoms with Crippen molar-refractivity contribution in [2.24, 2.45) is 5.92 Å². The quantitative estimate of drug-likeness (QED) is 0.665. The summed E-state index contributed by atoms with van der Waals surface area (Å²) in [5.74, 6) is 0.808. The maximum Gasteiger partial charge on any atom is 0.234 e. The topological polar surface area (TPSA) is 76.4 Å². The fraction of sp³-hybridized carbons (Fsp3) is 0.625. The van der Waals surface area contributed by atoms with Crippen molar-refractivity contribution in [3.63, 3.8) is 0 Å². The summed E-state index contributed by atoms with van der Waals surface area (Å²) in [6.07, 6.45) is 6.12. The molecule has 1 aromatic rings. The second-order valence-electron chi connectivity index (χ2n) is 8.56. The van der Waals surface area contributed by atoms with E-state index in [9.17, 15) is 9.59 Å².